The third-order valence-corrected chi connectivity index (χ3v) is 9.78. The van der Waals surface area contributed by atoms with Gasteiger partial charge in [-0.3, -0.25) is 4.79 Å². The van der Waals surface area contributed by atoms with Gasteiger partial charge in [-0.25, -0.2) is 9.18 Å². The Morgan fingerprint density at radius 2 is 1.69 bits per heavy atom. The Morgan fingerprint density at radius 3 is 2.38 bits per heavy atom. The molecular formula is C32H40F4N4O2. The van der Waals surface area contributed by atoms with Crippen LogP contribution in [0.1, 0.15) is 80.9 Å². The van der Waals surface area contributed by atoms with Gasteiger partial charge in [0.25, 0.3) is 0 Å². The summed E-state index contributed by atoms with van der Waals surface area (Å²) in [5.41, 5.74) is 0.459. The molecule has 3 fully saturated rings. The molecule has 1 saturated carbocycles. The van der Waals surface area contributed by atoms with Gasteiger partial charge in [-0.15, -0.1) is 0 Å². The number of carbonyl (C=O) groups is 2. The minimum Gasteiger partial charge on any atom is -0.339 e. The number of nitrogens with one attached hydrogen (secondary N) is 3. The molecule has 2 aliphatic heterocycles. The second-order valence-electron chi connectivity index (χ2n) is 12.5. The largest absolute Gasteiger partial charge is 0.416 e. The summed E-state index contributed by atoms with van der Waals surface area (Å²) in [4.78, 5) is 28.9. The molecule has 10 heteroatoms. The molecule has 228 valence electrons. The lowest BCUT2D eigenvalue weighted by Gasteiger charge is -2.60. The van der Waals surface area contributed by atoms with Crippen molar-refractivity contribution in [1.82, 2.24) is 10.2 Å². The maximum Gasteiger partial charge on any atom is 0.416 e. The van der Waals surface area contributed by atoms with Crippen LogP contribution in [0.3, 0.4) is 0 Å². The fourth-order valence-corrected chi connectivity index (χ4v) is 7.80. The molecule has 2 aromatic rings. The van der Waals surface area contributed by atoms with E-state index in [1.165, 1.54) is 25.7 Å². The van der Waals surface area contributed by atoms with Gasteiger partial charge < -0.3 is 20.9 Å². The van der Waals surface area contributed by atoms with Gasteiger partial charge in [0.15, 0.2) is 0 Å². The molecular weight excluding hydrogens is 548 g/mol. The molecule has 3 amide bonds. The first-order valence-electron chi connectivity index (χ1n) is 15.0. The second-order valence-corrected chi connectivity index (χ2v) is 12.5. The van der Waals surface area contributed by atoms with Crippen molar-refractivity contribution in [2.75, 3.05) is 24.2 Å². The zero-order valence-electron chi connectivity index (χ0n) is 24.4. The predicted molar refractivity (Wildman–Crippen MR) is 155 cm³/mol. The zero-order chi connectivity index (χ0) is 30.2. The van der Waals surface area contributed by atoms with Crippen LogP contribution >= 0.6 is 0 Å². The molecule has 0 bridgehead atoms. The van der Waals surface area contributed by atoms with E-state index < -0.39 is 23.6 Å². The van der Waals surface area contributed by atoms with Crippen molar-refractivity contribution in [3.05, 3.63) is 58.9 Å². The molecule has 2 heterocycles. The number of rotatable bonds is 4. The number of halogens is 4. The quantitative estimate of drug-likeness (QED) is 0.257. The van der Waals surface area contributed by atoms with Crippen LogP contribution in [0, 0.1) is 24.6 Å². The Hall–Kier alpha value is -3.14. The average Bonchev–Trinajstić information content (AvgIpc) is 3.21. The van der Waals surface area contributed by atoms with E-state index in [2.05, 4.69) is 27.8 Å². The number of carbonyl (C=O) groups excluding carboxylic acids is 2. The molecule has 3 aliphatic rings. The number of nitrogens with zero attached hydrogens (tertiary/aromatic N) is 1. The summed E-state index contributed by atoms with van der Waals surface area (Å²) in [6.07, 6.45) is 4.10. The minimum absolute atomic E-state index is 0.0914. The summed E-state index contributed by atoms with van der Waals surface area (Å²) in [5.74, 6) is -0.628. The van der Waals surface area contributed by atoms with Gasteiger partial charge in [-0.05, 0) is 92.8 Å². The summed E-state index contributed by atoms with van der Waals surface area (Å²) in [6, 6.07) is 6.68. The van der Waals surface area contributed by atoms with Crippen LogP contribution in [-0.4, -0.2) is 42.0 Å². The number of aryl methyl sites for hydroxylation is 1. The van der Waals surface area contributed by atoms with E-state index in [0.717, 1.165) is 43.0 Å². The number of piperidine rings is 2. The summed E-state index contributed by atoms with van der Waals surface area (Å²) in [5, 5.41) is 8.59. The van der Waals surface area contributed by atoms with Gasteiger partial charge in [-0.2, -0.15) is 13.2 Å². The highest BCUT2D eigenvalue weighted by molar-refractivity contribution is 6.00. The summed E-state index contributed by atoms with van der Waals surface area (Å²) >= 11 is 0. The molecule has 0 spiro atoms. The smallest absolute Gasteiger partial charge is 0.339 e. The SMILES string of the molecule is Cc1ccc(NC(=O)Nc2cc(F)cc(C(F)(F)F)c2)cc1C1CC2CNC(C)CC2(C2CCCCCC2)N(C)C1=O. The number of benzene rings is 2. The van der Waals surface area contributed by atoms with Gasteiger partial charge in [-0.1, -0.05) is 31.7 Å². The van der Waals surface area contributed by atoms with Crippen molar-refractivity contribution in [2.24, 2.45) is 11.8 Å². The Labute approximate surface area is 244 Å². The van der Waals surface area contributed by atoms with Crippen LogP contribution in [0.5, 0.6) is 0 Å². The molecule has 0 aromatic heterocycles. The maximum atomic E-state index is 14.2. The highest BCUT2D eigenvalue weighted by Gasteiger charge is 2.56. The molecule has 42 heavy (non-hydrogen) atoms. The molecule has 4 unspecified atom stereocenters. The van der Waals surface area contributed by atoms with Gasteiger partial charge >= 0.3 is 12.2 Å². The fourth-order valence-electron chi connectivity index (χ4n) is 7.80. The van der Waals surface area contributed by atoms with E-state index in [4.69, 9.17) is 0 Å². The van der Waals surface area contributed by atoms with E-state index in [0.29, 0.717) is 42.1 Å². The molecule has 0 radical (unpaired) electrons. The predicted octanol–water partition coefficient (Wildman–Crippen LogP) is 7.45. The second kappa shape index (κ2) is 11.9. The number of urea groups is 1. The van der Waals surface area contributed by atoms with Crippen molar-refractivity contribution < 1.29 is 27.2 Å². The van der Waals surface area contributed by atoms with Crippen molar-refractivity contribution in [3.8, 4) is 0 Å². The lowest BCUT2D eigenvalue weighted by atomic mass is 9.59. The minimum atomic E-state index is -4.75. The number of hydrogen-bond acceptors (Lipinski definition) is 3. The topological polar surface area (TPSA) is 73.5 Å². The molecule has 4 atom stereocenters. The Bertz CT molecular complexity index is 1320. The summed E-state index contributed by atoms with van der Waals surface area (Å²) in [7, 11) is 1.98. The van der Waals surface area contributed by atoms with Crippen molar-refractivity contribution in [1.29, 1.82) is 0 Å². The van der Waals surface area contributed by atoms with Crippen molar-refractivity contribution in [3.63, 3.8) is 0 Å². The van der Waals surface area contributed by atoms with E-state index in [-0.39, 0.29) is 23.1 Å². The average molecular weight is 589 g/mol. The summed E-state index contributed by atoms with van der Waals surface area (Å²) in [6.45, 7) is 4.99. The number of hydrogen-bond donors (Lipinski definition) is 3. The lowest BCUT2D eigenvalue weighted by Crippen LogP contribution is -2.69. The van der Waals surface area contributed by atoms with Crippen LogP contribution in [0.15, 0.2) is 36.4 Å². The zero-order valence-corrected chi connectivity index (χ0v) is 24.4. The maximum absolute atomic E-state index is 14.2. The van der Waals surface area contributed by atoms with Gasteiger partial charge in [0.05, 0.1) is 17.0 Å². The fraction of sp³-hybridized carbons (Fsp3) is 0.562. The lowest BCUT2D eigenvalue weighted by molar-refractivity contribution is -0.156. The number of likely N-dealkylation sites (tertiary alicyclic amines) is 1. The van der Waals surface area contributed by atoms with Crippen LogP contribution in [-0.2, 0) is 11.0 Å². The van der Waals surface area contributed by atoms with E-state index >= 15 is 0 Å². The molecule has 3 N–H and O–H groups in total. The molecule has 2 saturated heterocycles. The Morgan fingerprint density at radius 1 is 1.00 bits per heavy atom. The monoisotopic (exact) mass is 588 g/mol. The molecule has 2 aromatic carbocycles. The first-order valence-corrected chi connectivity index (χ1v) is 15.0. The normalized spacial score (nSPS) is 27.3. The first kappa shape index (κ1) is 30.3. The standard InChI is InChI=1S/C32H40F4N4O2/c1-19-10-11-25(38-30(42)39-26-13-22(32(34,35)36)12-24(33)15-26)16-27(19)28-14-23-18-37-20(2)17-31(23,40(3)29(28)41)21-8-6-4-5-7-9-21/h10-13,15-16,20-21,23,28,37H,4-9,14,17-18H2,1-3H3,(H2,38,39,42). The first-order chi connectivity index (χ1) is 19.9. The highest BCUT2D eigenvalue weighted by atomic mass is 19.4. The van der Waals surface area contributed by atoms with E-state index in [1.807, 2.05) is 20.0 Å². The van der Waals surface area contributed by atoms with E-state index in [1.54, 1.807) is 12.1 Å². The Balaban J connectivity index is 1.37. The Kier molecular flexibility index (Phi) is 8.56. The van der Waals surface area contributed by atoms with Gasteiger partial charge in [0.2, 0.25) is 5.91 Å². The highest BCUT2D eigenvalue weighted by Crippen LogP contribution is 2.52. The van der Waals surface area contributed by atoms with Crippen molar-refractivity contribution in [2.45, 2.75) is 88.9 Å². The molecule has 6 nitrogen and oxygen atoms in total. The van der Waals surface area contributed by atoms with Crippen LogP contribution < -0.4 is 16.0 Å². The number of anilines is 2. The van der Waals surface area contributed by atoms with E-state index in [9.17, 15) is 27.2 Å². The molecule has 1 aliphatic carbocycles. The van der Waals surface area contributed by atoms with Crippen molar-refractivity contribution >= 4 is 23.3 Å². The van der Waals surface area contributed by atoms with Crippen LogP contribution in [0.4, 0.5) is 33.7 Å². The number of likely N-dealkylation sites (N-methyl/N-ethyl adjacent to an activating group) is 1. The van der Waals surface area contributed by atoms with Crippen LogP contribution in [0.25, 0.3) is 0 Å². The number of amides is 3. The molecule has 5 rings (SSSR count). The van der Waals surface area contributed by atoms with Gasteiger partial charge in [0.1, 0.15) is 5.82 Å². The third kappa shape index (κ3) is 6.00. The summed E-state index contributed by atoms with van der Waals surface area (Å²) < 4.78 is 53.1. The number of alkyl halides is 3. The van der Waals surface area contributed by atoms with Crippen LogP contribution in [0.2, 0.25) is 0 Å². The number of fused-ring (bicyclic) bond motifs is 1. The third-order valence-electron chi connectivity index (χ3n) is 9.78. The van der Waals surface area contributed by atoms with Gasteiger partial charge in [0, 0.05) is 31.0 Å².